The molecule has 0 radical (unpaired) electrons. The molecule has 0 aliphatic rings. The van der Waals surface area contributed by atoms with Crippen molar-refractivity contribution in [3.05, 3.63) is 17.5 Å². The molecular weight excluding hydrogens is 158 g/mol. The minimum Gasteiger partial charge on any atom is -0.397 e. The predicted molar refractivity (Wildman–Crippen MR) is 47.6 cm³/mol. The highest BCUT2D eigenvalue weighted by Crippen LogP contribution is 2.26. The SMILES string of the molecule is Cc1cnc(C)c(N=S)c1N. The van der Waals surface area contributed by atoms with Crippen molar-refractivity contribution in [1.82, 2.24) is 4.98 Å². The zero-order chi connectivity index (χ0) is 8.43. The van der Waals surface area contributed by atoms with Gasteiger partial charge in [0.1, 0.15) is 5.69 Å². The molecule has 0 aromatic carbocycles. The van der Waals surface area contributed by atoms with Gasteiger partial charge in [0.15, 0.2) is 0 Å². The highest BCUT2D eigenvalue weighted by Gasteiger charge is 2.04. The predicted octanol–water partition coefficient (Wildman–Crippen LogP) is 1.64. The van der Waals surface area contributed by atoms with Crippen LogP contribution in [0.3, 0.4) is 0 Å². The van der Waals surface area contributed by atoms with Crippen molar-refractivity contribution in [1.29, 1.82) is 0 Å². The summed E-state index contributed by atoms with van der Waals surface area (Å²) in [5, 5.41) is 0. The summed E-state index contributed by atoms with van der Waals surface area (Å²) in [5.41, 5.74) is 8.65. The summed E-state index contributed by atoms with van der Waals surface area (Å²) in [4.78, 5) is 4.07. The lowest BCUT2D eigenvalue weighted by Crippen LogP contribution is -1.93. The van der Waals surface area contributed by atoms with E-state index in [-0.39, 0.29) is 0 Å². The minimum atomic E-state index is 0.625. The molecule has 58 valence electrons. The van der Waals surface area contributed by atoms with E-state index in [2.05, 4.69) is 21.8 Å². The lowest BCUT2D eigenvalue weighted by molar-refractivity contribution is 1.17. The average molecular weight is 167 g/mol. The summed E-state index contributed by atoms with van der Waals surface area (Å²) in [6.45, 7) is 3.72. The van der Waals surface area contributed by atoms with Crippen molar-refractivity contribution < 1.29 is 0 Å². The van der Waals surface area contributed by atoms with E-state index in [0.717, 1.165) is 11.3 Å². The van der Waals surface area contributed by atoms with Crippen LogP contribution < -0.4 is 5.73 Å². The van der Waals surface area contributed by atoms with E-state index < -0.39 is 0 Å². The third-order valence-electron chi connectivity index (χ3n) is 1.57. The van der Waals surface area contributed by atoms with Crippen LogP contribution >= 0.6 is 0 Å². The first-order valence-corrected chi connectivity index (χ1v) is 3.58. The van der Waals surface area contributed by atoms with Gasteiger partial charge in [0.25, 0.3) is 0 Å². The van der Waals surface area contributed by atoms with Crippen molar-refractivity contribution in [2.45, 2.75) is 13.8 Å². The van der Waals surface area contributed by atoms with E-state index in [1.165, 1.54) is 0 Å². The summed E-state index contributed by atoms with van der Waals surface area (Å²) in [6.07, 6.45) is 1.72. The molecule has 0 aliphatic heterocycles. The van der Waals surface area contributed by atoms with E-state index >= 15 is 0 Å². The largest absolute Gasteiger partial charge is 0.397 e. The van der Waals surface area contributed by atoms with E-state index in [1.54, 1.807) is 6.20 Å². The maximum absolute atomic E-state index is 5.69. The van der Waals surface area contributed by atoms with Gasteiger partial charge in [0, 0.05) is 18.6 Å². The highest BCUT2D eigenvalue weighted by atomic mass is 32.1. The summed E-state index contributed by atoms with van der Waals surface area (Å²) in [7, 11) is 0. The number of anilines is 1. The van der Waals surface area contributed by atoms with Crippen molar-refractivity contribution in [3.8, 4) is 0 Å². The Kier molecular flexibility index (Phi) is 2.14. The third kappa shape index (κ3) is 1.35. The molecule has 1 aromatic rings. The summed E-state index contributed by atoms with van der Waals surface area (Å²) in [6, 6.07) is 0. The molecule has 0 spiro atoms. The van der Waals surface area contributed by atoms with Crippen LogP contribution in [0.1, 0.15) is 11.3 Å². The Hall–Kier alpha value is -1.03. The summed E-state index contributed by atoms with van der Waals surface area (Å²) < 4.78 is 3.63. The van der Waals surface area contributed by atoms with Crippen molar-refractivity contribution >= 4 is 23.8 Å². The standard InChI is InChI=1S/C7H9N3S/c1-4-3-9-5(2)7(10-11)6(4)8/h3H,1-2H3,(H2,8,9). The van der Waals surface area contributed by atoms with E-state index in [0.29, 0.717) is 11.4 Å². The third-order valence-corrected chi connectivity index (χ3v) is 1.75. The van der Waals surface area contributed by atoms with Crippen molar-refractivity contribution in [2.24, 2.45) is 4.36 Å². The molecular formula is C7H9N3S. The second kappa shape index (κ2) is 2.92. The van der Waals surface area contributed by atoms with Crippen LogP contribution in [0.25, 0.3) is 0 Å². The molecule has 1 heterocycles. The van der Waals surface area contributed by atoms with Crippen LogP contribution in [0, 0.1) is 13.8 Å². The molecule has 1 rings (SSSR count). The fourth-order valence-corrected chi connectivity index (χ4v) is 1.05. The lowest BCUT2D eigenvalue weighted by atomic mass is 10.2. The van der Waals surface area contributed by atoms with Crippen LogP contribution in [0.4, 0.5) is 11.4 Å². The molecule has 0 atom stereocenters. The summed E-state index contributed by atoms with van der Waals surface area (Å²) >= 11 is 4.56. The summed E-state index contributed by atoms with van der Waals surface area (Å²) in [5.74, 6) is 0. The molecule has 3 nitrogen and oxygen atoms in total. The normalized spacial score (nSPS) is 9.64. The number of nitrogens with two attached hydrogens (primary N) is 1. The van der Waals surface area contributed by atoms with Gasteiger partial charge >= 0.3 is 0 Å². The molecule has 2 N–H and O–H groups in total. The van der Waals surface area contributed by atoms with E-state index in [4.69, 9.17) is 5.73 Å². The lowest BCUT2D eigenvalue weighted by Gasteiger charge is -2.03. The Bertz CT molecular complexity index is 296. The second-order valence-corrected chi connectivity index (χ2v) is 2.56. The van der Waals surface area contributed by atoms with Crippen LogP contribution in [-0.2, 0) is 12.4 Å². The topological polar surface area (TPSA) is 51.3 Å². The quantitative estimate of drug-likeness (QED) is 0.691. The number of nitrogens with zero attached hydrogens (tertiary/aromatic N) is 2. The molecule has 11 heavy (non-hydrogen) atoms. The number of rotatable bonds is 1. The van der Waals surface area contributed by atoms with Gasteiger partial charge in [-0.2, -0.15) is 4.36 Å². The number of aryl methyl sites for hydroxylation is 2. The van der Waals surface area contributed by atoms with Crippen LogP contribution in [0.15, 0.2) is 10.6 Å². The zero-order valence-corrected chi connectivity index (χ0v) is 7.27. The maximum Gasteiger partial charge on any atom is 0.121 e. The van der Waals surface area contributed by atoms with Gasteiger partial charge in [0.2, 0.25) is 0 Å². The zero-order valence-electron chi connectivity index (χ0n) is 6.46. The first-order valence-electron chi connectivity index (χ1n) is 3.22. The number of aromatic nitrogens is 1. The van der Waals surface area contributed by atoms with Crippen molar-refractivity contribution in [2.75, 3.05) is 5.73 Å². The first-order chi connectivity index (χ1) is 5.16. The molecule has 0 saturated carbocycles. The van der Waals surface area contributed by atoms with Crippen LogP contribution in [-0.4, -0.2) is 4.98 Å². The Morgan fingerprint density at radius 1 is 1.55 bits per heavy atom. The van der Waals surface area contributed by atoms with E-state index in [1.807, 2.05) is 13.8 Å². The molecule has 0 fully saturated rings. The molecule has 0 amide bonds. The maximum atomic E-state index is 5.69. The molecule has 1 aromatic heterocycles. The highest BCUT2D eigenvalue weighted by molar-refractivity contribution is 7.47. The number of hydrogen-bond acceptors (Lipinski definition) is 4. The molecule has 0 unspecified atom stereocenters. The molecule has 0 saturated heterocycles. The molecule has 0 aliphatic carbocycles. The van der Waals surface area contributed by atoms with Gasteiger partial charge in [0.05, 0.1) is 11.4 Å². The van der Waals surface area contributed by atoms with Gasteiger partial charge in [-0.1, -0.05) is 0 Å². The second-order valence-electron chi connectivity index (χ2n) is 2.38. The van der Waals surface area contributed by atoms with E-state index in [9.17, 15) is 0 Å². The Morgan fingerprint density at radius 3 is 2.64 bits per heavy atom. The number of pyridine rings is 1. The average Bonchev–Trinajstić information content (AvgIpc) is 1.99. The van der Waals surface area contributed by atoms with Gasteiger partial charge < -0.3 is 5.73 Å². The van der Waals surface area contributed by atoms with Gasteiger partial charge in [-0.25, -0.2) is 0 Å². The van der Waals surface area contributed by atoms with Gasteiger partial charge in [-0.05, 0) is 19.4 Å². The van der Waals surface area contributed by atoms with Crippen LogP contribution in [0.5, 0.6) is 0 Å². The fourth-order valence-electron chi connectivity index (χ4n) is 0.821. The smallest absolute Gasteiger partial charge is 0.121 e. The Morgan fingerprint density at radius 2 is 2.18 bits per heavy atom. The molecule has 0 bridgehead atoms. The molecule has 4 heteroatoms. The van der Waals surface area contributed by atoms with Crippen LogP contribution in [0.2, 0.25) is 0 Å². The van der Waals surface area contributed by atoms with Gasteiger partial charge in [-0.15, -0.1) is 0 Å². The van der Waals surface area contributed by atoms with Gasteiger partial charge in [-0.3, -0.25) is 4.98 Å². The fraction of sp³-hybridized carbons (Fsp3) is 0.286. The minimum absolute atomic E-state index is 0.625. The Labute approximate surface area is 70.8 Å². The number of nitrogen functional groups attached to an aromatic ring is 1. The van der Waals surface area contributed by atoms with Crippen molar-refractivity contribution in [3.63, 3.8) is 0 Å². The Balaban J connectivity index is 3.40. The monoisotopic (exact) mass is 167 g/mol. The number of hydrogen-bond donors (Lipinski definition) is 1. The first kappa shape index (κ1) is 8.07.